The smallest absolute Gasteiger partial charge is 0.232 e. The Morgan fingerprint density at radius 1 is 1.31 bits per heavy atom. The number of hydrogen-bond acceptors (Lipinski definition) is 4. The van der Waals surface area contributed by atoms with Crippen molar-refractivity contribution >= 4 is 0 Å². The van der Waals surface area contributed by atoms with Crippen LogP contribution in [0, 0.1) is 19.8 Å². The maximum absolute atomic E-state index is 5.68. The fourth-order valence-electron chi connectivity index (χ4n) is 1.84. The van der Waals surface area contributed by atoms with E-state index in [1.54, 1.807) is 6.20 Å². The summed E-state index contributed by atoms with van der Waals surface area (Å²) in [7, 11) is 0. The fraction of sp³-hybridized carbons (Fsp3) is 0.667. The van der Waals surface area contributed by atoms with Crippen molar-refractivity contribution < 1.29 is 4.74 Å². The maximum Gasteiger partial charge on any atom is 0.232 e. The first-order chi connectivity index (χ1) is 7.75. The highest BCUT2D eigenvalue weighted by Gasteiger charge is 2.13. The third kappa shape index (κ3) is 2.92. The van der Waals surface area contributed by atoms with E-state index in [0.29, 0.717) is 11.8 Å². The number of aromatic nitrogens is 2. The molecule has 1 fully saturated rings. The quantitative estimate of drug-likeness (QED) is 0.839. The molecule has 0 saturated carbocycles. The summed E-state index contributed by atoms with van der Waals surface area (Å²) in [4.78, 5) is 8.60. The molecule has 2 rings (SSSR count). The molecule has 0 radical (unpaired) electrons. The predicted molar refractivity (Wildman–Crippen MR) is 62.6 cm³/mol. The van der Waals surface area contributed by atoms with Crippen LogP contribution in [0.25, 0.3) is 0 Å². The lowest BCUT2D eigenvalue weighted by Gasteiger charge is -2.22. The molecule has 0 aromatic carbocycles. The summed E-state index contributed by atoms with van der Waals surface area (Å²) in [6.07, 6.45) is 4.10. The van der Waals surface area contributed by atoms with E-state index in [4.69, 9.17) is 4.74 Å². The van der Waals surface area contributed by atoms with Crippen LogP contribution in [0.3, 0.4) is 0 Å². The molecule has 0 amide bonds. The van der Waals surface area contributed by atoms with Crippen molar-refractivity contribution in [3.05, 3.63) is 17.6 Å². The molecular weight excluding hydrogens is 202 g/mol. The lowest BCUT2D eigenvalue weighted by atomic mass is 9.99. The zero-order valence-corrected chi connectivity index (χ0v) is 9.99. The minimum atomic E-state index is 0.654. The maximum atomic E-state index is 5.68. The number of hydrogen-bond donors (Lipinski definition) is 1. The molecular formula is C12H19N3O. The van der Waals surface area contributed by atoms with Gasteiger partial charge in [-0.05, 0) is 45.7 Å². The lowest BCUT2D eigenvalue weighted by Crippen LogP contribution is -2.30. The Morgan fingerprint density at radius 2 is 2.06 bits per heavy atom. The standard InChI is InChI=1S/C12H19N3O/c1-9-10(2)15-12(7-14-9)16-8-11-3-5-13-6-4-11/h7,11,13H,3-6,8H2,1-2H3. The van der Waals surface area contributed by atoms with Crippen LogP contribution in [-0.2, 0) is 0 Å². The van der Waals surface area contributed by atoms with Gasteiger partial charge in [-0.1, -0.05) is 0 Å². The Kier molecular flexibility index (Phi) is 3.72. The van der Waals surface area contributed by atoms with Gasteiger partial charge in [0.2, 0.25) is 5.88 Å². The summed E-state index contributed by atoms with van der Waals surface area (Å²) < 4.78 is 5.68. The molecule has 88 valence electrons. The van der Waals surface area contributed by atoms with E-state index in [9.17, 15) is 0 Å². The Morgan fingerprint density at radius 3 is 2.75 bits per heavy atom. The zero-order chi connectivity index (χ0) is 11.4. The Hall–Kier alpha value is -1.16. The molecule has 1 aliphatic rings. The predicted octanol–water partition coefficient (Wildman–Crippen LogP) is 1.47. The summed E-state index contributed by atoms with van der Waals surface area (Å²) in [5.41, 5.74) is 1.91. The second-order valence-electron chi connectivity index (χ2n) is 4.38. The second kappa shape index (κ2) is 5.25. The van der Waals surface area contributed by atoms with Crippen molar-refractivity contribution in [2.24, 2.45) is 5.92 Å². The van der Waals surface area contributed by atoms with Crippen molar-refractivity contribution in [3.63, 3.8) is 0 Å². The van der Waals surface area contributed by atoms with Gasteiger partial charge in [0.1, 0.15) is 0 Å². The Labute approximate surface area is 96.4 Å². The van der Waals surface area contributed by atoms with Crippen LogP contribution in [0.2, 0.25) is 0 Å². The van der Waals surface area contributed by atoms with Gasteiger partial charge >= 0.3 is 0 Å². The topological polar surface area (TPSA) is 47.0 Å². The first-order valence-corrected chi connectivity index (χ1v) is 5.89. The zero-order valence-electron chi connectivity index (χ0n) is 9.99. The highest BCUT2D eigenvalue weighted by Crippen LogP contribution is 2.14. The van der Waals surface area contributed by atoms with Crippen LogP contribution in [-0.4, -0.2) is 29.7 Å². The van der Waals surface area contributed by atoms with Gasteiger partial charge in [-0.2, -0.15) is 0 Å². The third-order valence-electron chi connectivity index (χ3n) is 3.10. The van der Waals surface area contributed by atoms with Gasteiger partial charge in [0.15, 0.2) is 0 Å². The van der Waals surface area contributed by atoms with Crippen molar-refractivity contribution in [2.75, 3.05) is 19.7 Å². The molecule has 1 aromatic rings. The third-order valence-corrected chi connectivity index (χ3v) is 3.10. The van der Waals surface area contributed by atoms with Crippen LogP contribution in [0.1, 0.15) is 24.2 Å². The highest BCUT2D eigenvalue weighted by molar-refractivity contribution is 5.14. The Balaban J connectivity index is 1.86. The van der Waals surface area contributed by atoms with Crippen molar-refractivity contribution in [1.29, 1.82) is 0 Å². The molecule has 0 atom stereocenters. The summed E-state index contributed by atoms with van der Waals surface area (Å²) in [5.74, 6) is 1.31. The summed E-state index contributed by atoms with van der Waals surface area (Å²) in [5, 5.41) is 3.35. The van der Waals surface area contributed by atoms with Crippen molar-refractivity contribution in [3.8, 4) is 5.88 Å². The van der Waals surface area contributed by atoms with E-state index in [1.807, 2.05) is 13.8 Å². The van der Waals surface area contributed by atoms with E-state index >= 15 is 0 Å². The van der Waals surface area contributed by atoms with Gasteiger partial charge in [0, 0.05) is 0 Å². The molecule has 0 spiro atoms. The second-order valence-corrected chi connectivity index (χ2v) is 4.38. The molecule has 0 aliphatic carbocycles. The summed E-state index contributed by atoms with van der Waals surface area (Å²) >= 11 is 0. The minimum absolute atomic E-state index is 0.654. The molecule has 0 unspecified atom stereocenters. The van der Waals surface area contributed by atoms with Gasteiger partial charge in [0.25, 0.3) is 0 Å². The average Bonchev–Trinajstić information content (AvgIpc) is 2.32. The number of nitrogens with zero attached hydrogens (tertiary/aromatic N) is 2. The summed E-state index contributed by atoms with van der Waals surface area (Å²) in [6, 6.07) is 0. The average molecular weight is 221 g/mol. The molecule has 1 aliphatic heterocycles. The van der Waals surface area contributed by atoms with E-state index in [-0.39, 0.29) is 0 Å². The summed E-state index contributed by atoms with van der Waals surface area (Å²) in [6.45, 7) is 6.89. The van der Waals surface area contributed by atoms with Crippen LogP contribution in [0.5, 0.6) is 5.88 Å². The first kappa shape index (κ1) is 11.3. The minimum Gasteiger partial charge on any atom is -0.476 e. The number of nitrogens with one attached hydrogen (secondary N) is 1. The Bertz CT molecular complexity index is 348. The van der Waals surface area contributed by atoms with E-state index in [1.165, 1.54) is 12.8 Å². The first-order valence-electron chi connectivity index (χ1n) is 5.89. The molecule has 4 nitrogen and oxygen atoms in total. The monoisotopic (exact) mass is 221 g/mol. The van der Waals surface area contributed by atoms with Crippen LogP contribution >= 0.6 is 0 Å². The molecule has 1 aromatic heterocycles. The van der Waals surface area contributed by atoms with Gasteiger partial charge < -0.3 is 10.1 Å². The van der Waals surface area contributed by atoms with Gasteiger partial charge in [-0.3, -0.25) is 4.98 Å². The van der Waals surface area contributed by atoms with Gasteiger partial charge in [-0.25, -0.2) is 4.98 Å². The van der Waals surface area contributed by atoms with Crippen LogP contribution in [0.4, 0.5) is 0 Å². The molecule has 0 bridgehead atoms. The van der Waals surface area contributed by atoms with Crippen molar-refractivity contribution in [1.82, 2.24) is 15.3 Å². The molecule has 1 N–H and O–H groups in total. The van der Waals surface area contributed by atoms with Crippen LogP contribution < -0.4 is 10.1 Å². The molecule has 4 heteroatoms. The van der Waals surface area contributed by atoms with E-state index in [0.717, 1.165) is 31.1 Å². The molecule has 2 heterocycles. The van der Waals surface area contributed by atoms with Gasteiger partial charge in [0.05, 0.1) is 24.2 Å². The van der Waals surface area contributed by atoms with E-state index in [2.05, 4.69) is 15.3 Å². The SMILES string of the molecule is Cc1ncc(OCC2CCNCC2)nc1C. The van der Waals surface area contributed by atoms with Gasteiger partial charge in [-0.15, -0.1) is 0 Å². The number of aryl methyl sites for hydroxylation is 2. The lowest BCUT2D eigenvalue weighted by molar-refractivity contribution is 0.208. The number of ether oxygens (including phenoxy) is 1. The van der Waals surface area contributed by atoms with Crippen LogP contribution in [0.15, 0.2) is 6.20 Å². The van der Waals surface area contributed by atoms with Crippen molar-refractivity contribution in [2.45, 2.75) is 26.7 Å². The molecule has 16 heavy (non-hydrogen) atoms. The van der Waals surface area contributed by atoms with E-state index < -0.39 is 0 Å². The largest absolute Gasteiger partial charge is 0.476 e. The normalized spacial score (nSPS) is 17.4. The number of rotatable bonds is 3. The fourth-order valence-corrected chi connectivity index (χ4v) is 1.84. The highest BCUT2D eigenvalue weighted by atomic mass is 16.5. The molecule has 1 saturated heterocycles. The number of piperidine rings is 1.